The van der Waals surface area contributed by atoms with Gasteiger partial charge in [0.05, 0.1) is 42.0 Å². The highest BCUT2D eigenvalue weighted by molar-refractivity contribution is 5.85. The van der Waals surface area contributed by atoms with Crippen LogP contribution >= 0.6 is 12.4 Å². The van der Waals surface area contributed by atoms with Crippen molar-refractivity contribution in [2.24, 2.45) is 5.92 Å². The van der Waals surface area contributed by atoms with E-state index in [-0.39, 0.29) is 18.3 Å². The maximum atomic E-state index is 13.2. The topological polar surface area (TPSA) is 69.7 Å². The van der Waals surface area contributed by atoms with E-state index in [9.17, 15) is 4.79 Å². The van der Waals surface area contributed by atoms with E-state index < -0.39 is 0 Å². The monoisotopic (exact) mass is 548 g/mol. The van der Waals surface area contributed by atoms with Crippen molar-refractivity contribution in [2.45, 2.75) is 32.1 Å². The lowest BCUT2D eigenvalue weighted by Gasteiger charge is -2.35. The van der Waals surface area contributed by atoms with Crippen molar-refractivity contribution in [1.82, 2.24) is 9.80 Å². The Morgan fingerprint density at radius 3 is 2.05 bits per heavy atom. The highest BCUT2D eigenvalue weighted by atomic mass is 35.5. The molecule has 1 atom stereocenters. The van der Waals surface area contributed by atoms with Crippen LogP contribution in [0.25, 0.3) is 0 Å². The lowest BCUT2D eigenvalue weighted by Crippen LogP contribution is -2.44. The number of nitrogens with zero attached hydrogens (tertiary/aromatic N) is 2. The second-order valence-electron chi connectivity index (χ2n) is 9.83. The van der Waals surface area contributed by atoms with Crippen LogP contribution in [0.15, 0.2) is 24.3 Å². The van der Waals surface area contributed by atoms with E-state index in [0.717, 1.165) is 75.3 Å². The Bertz CT molecular complexity index is 1070. The van der Waals surface area contributed by atoms with Crippen molar-refractivity contribution < 1.29 is 28.5 Å². The molecule has 9 heteroatoms. The summed E-state index contributed by atoms with van der Waals surface area (Å²) in [7, 11) is 8.19. The van der Waals surface area contributed by atoms with Crippen LogP contribution in [-0.2, 0) is 24.1 Å². The van der Waals surface area contributed by atoms with Crippen LogP contribution in [0.1, 0.15) is 29.5 Å². The van der Waals surface area contributed by atoms with Crippen molar-refractivity contribution >= 4 is 18.3 Å². The number of hydrogen-bond acceptors (Lipinski definition) is 7. The van der Waals surface area contributed by atoms with E-state index in [1.165, 1.54) is 5.56 Å². The van der Waals surface area contributed by atoms with Gasteiger partial charge in [0.1, 0.15) is 0 Å². The number of amides is 1. The van der Waals surface area contributed by atoms with Gasteiger partial charge < -0.3 is 33.5 Å². The maximum Gasteiger partial charge on any atom is 0.227 e. The highest BCUT2D eigenvalue weighted by Gasteiger charge is 2.27. The first kappa shape index (κ1) is 29.7. The summed E-state index contributed by atoms with van der Waals surface area (Å²) in [6, 6.07) is 8.04. The van der Waals surface area contributed by atoms with E-state index in [1.54, 1.807) is 35.5 Å². The van der Waals surface area contributed by atoms with Gasteiger partial charge in [-0.15, -0.1) is 12.4 Å². The molecule has 2 aliphatic heterocycles. The fourth-order valence-corrected chi connectivity index (χ4v) is 5.59. The fraction of sp³-hybridized carbons (Fsp3) is 0.552. The number of carbonyl (C=O) groups is 1. The predicted molar refractivity (Wildman–Crippen MR) is 150 cm³/mol. The summed E-state index contributed by atoms with van der Waals surface area (Å²) in [5, 5.41) is 0. The van der Waals surface area contributed by atoms with Gasteiger partial charge in [-0.1, -0.05) is 0 Å². The second-order valence-corrected chi connectivity index (χ2v) is 9.83. The van der Waals surface area contributed by atoms with Crippen LogP contribution in [0.4, 0.5) is 0 Å². The summed E-state index contributed by atoms with van der Waals surface area (Å²) < 4.78 is 27.4. The molecule has 2 aromatic rings. The minimum atomic E-state index is 0. The molecule has 2 aromatic carbocycles. The number of rotatable bonds is 10. The smallest absolute Gasteiger partial charge is 0.227 e. The van der Waals surface area contributed by atoms with Gasteiger partial charge in [0, 0.05) is 26.2 Å². The highest BCUT2D eigenvalue weighted by Crippen LogP contribution is 2.38. The Morgan fingerprint density at radius 2 is 1.45 bits per heavy atom. The van der Waals surface area contributed by atoms with Crippen LogP contribution in [0.5, 0.6) is 28.7 Å². The van der Waals surface area contributed by atoms with Crippen LogP contribution in [0, 0.1) is 5.92 Å². The Kier molecular flexibility index (Phi) is 10.8. The molecular weight excluding hydrogens is 508 g/mol. The Balaban J connectivity index is 0.00000400. The van der Waals surface area contributed by atoms with Gasteiger partial charge >= 0.3 is 0 Å². The normalized spacial score (nSPS) is 17.7. The second kappa shape index (κ2) is 13.8. The molecule has 38 heavy (non-hydrogen) atoms. The predicted octanol–water partition coefficient (Wildman–Crippen LogP) is 4.03. The molecule has 0 saturated carbocycles. The summed E-state index contributed by atoms with van der Waals surface area (Å²) in [5.74, 6) is 4.06. The van der Waals surface area contributed by atoms with Crippen molar-refractivity contribution in [3.63, 3.8) is 0 Å². The average molecular weight is 549 g/mol. The van der Waals surface area contributed by atoms with Crippen molar-refractivity contribution in [2.75, 3.05) is 68.3 Å². The van der Waals surface area contributed by atoms with E-state index in [1.807, 2.05) is 24.3 Å². The zero-order valence-electron chi connectivity index (χ0n) is 23.2. The third-order valence-electron chi connectivity index (χ3n) is 7.57. The zero-order chi connectivity index (χ0) is 26.4. The summed E-state index contributed by atoms with van der Waals surface area (Å²) in [6.07, 6.45) is 4.44. The third kappa shape index (κ3) is 6.77. The Morgan fingerprint density at radius 1 is 0.816 bits per heavy atom. The summed E-state index contributed by atoms with van der Waals surface area (Å²) in [4.78, 5) is 17.8. The number of likely N-dealkylation sites (tertiary alicyclic amines) is 1. The van der Waals surface area contributed by atoms with Crippen molar-refractivity contribution in [1.29, 1.82) is 0 Å². The standard InChI is InChI=1S/C29H40N2O6.ClH/c1-33-24-15-22-9-12-31(28(32)17-23(22)16-25(24)34-2)19-21-7-6-10-30(18-21)11-8-20-13-26(35-3)29(37-5)27(14-20)36-4;/h13-16,21H,6-12,17-19H2,1-5H3;1H. The zero-order valence-corrected chi connectivity index (χ0v) is 24.0. The summed E-state index contributed by atoms with van der Waals surface area (Å²) >= 11 is 0. The quantitative estimate of drug-likeness (QED) is 0.444. The molecule has 0 bridgehead atoms. The van der Waals surface area contributed by atoms with Gasteiger partial charge in [-0.05, 0) is 79.1 Å². The minimum Gasteiger partial charge on any atom is -0.493 e. The molecule has 2 heterocycles. The number of hydrogen-bond donors (Lipinski definition) is 0. The molecule has 4 rings (SSSR count). The molecule has 210 valence electrons. The van der Waals surface area contributed by atoms with Gasteiger partial charge in [-0.2, -0.15) is 0 Å². The van der Waals surface area contributed by atoms with Crippen LogP contribution in [0.3, 0.4) is 0 Å². The minimum absolute atomic E-state index is 0. The van der Waals surface area contributed by atoms with E-state index in [2.05, 4.69) is 9.80 Å². The van der Waals surface area contributed by atoms with Gasteiger partial charge in [0.2, 0.25) is 11.7 Å². The summed E-state index contributed by atoms with van der Waals surface area (Å²) in [5.41, 5.74) is 3.37. The van der Waals surface area contributed by atoms with Crippen LogP contribution in [-0.4, -0.2) is 84.0 Å². The first-order chi connectivity index (χ1) is 18.0. The number of methoxy groups -OCH3 is 5. The van der Waals surface area contributed by atoms with Crippen LogP contribution in [0.2, 0.25) is 0 Å². The third-order valence-corrected chi connectivity index (χ3v) is 7.57. The molecule has 8 nitrogen and oxygen atoms in total. The molecule has 0 aliphatic carbocycles. The van der Waals surface area contributed by atoms with Crippen molar-refractivity contribution in [3.05, 3.63) is 41.0 Å². The number of carbonyl (C=O) groups excluding carboxylic acids is 1. The molecular formula is C29H41ClN2O6. The van der Waals surface area contributed by atoms with Gasteiger partial charge in [0.25, 0.3) is 0 Å². The van der Waals surface area contributed by atoms with E-state index >= 15 is 0 Å². The molecule has 1 fully saturated rings. The molecule has 0 spiro atoms. The number of ether oxygens (including phenoxy) is 5. The molecule has 1 unspecified atom stereocenters. The number of fused-ring (bicyclic) bond motifs is 1. The molecule has 0 radical (unpaired) electrons. The molecule has 1 saturated heterocycles. The van der Waals surface area contributed by atoms with Crippen LogP contribution < -0.4 is 23.7 Å². The first-order valence-corrected chi connectivity index (χ1v) is 13.0. The molecule has 0 N–H and O–H groups in total. The maximum absolute atomic E-state index is 13.2. The van der Waals surface area contributed by atoms with Crippen molar-refractivity contribution in [3.8, 4) is 28.7 Å². The fourth-order valence-electron chi connectivity index (χ4n) is 5.59. The lowest BCUT2D eigenvalue weighted by atomic mass is 9.96. The lowest BCUT2D eigenvalue weighted by molar-refractivity contribution is -0.131. The summed E-state index contributed by atoms with van der Waals surface area (Å²) in [6.45, 7) is 4.59. The number of halogens is 1. The molecule has 0 aromatic heterocycles. The Hall–Kier alpha value is -2.84. The largest absolute Gasteiger partial charge is 0.493 e. The van der Waals surface area contributed by atoms with Gasteiger partial charge in [0.15, 0.2) is 23.0 Å². The molecule has 1 amide bonds. The Labute approximate surface area is 232 Å². The number of piperidine rings is 1. The SMILES string of the molecule is COc1cc2c(cc1OC)CC(=O)N(CC1CCCN(CCc3cc(OC)c(OC)c(OC)c3)C1)CC2.Cl. The molecule has 2 aliphatic rings. The van der Waals surface area contributed by atoms with E-state index in [0.29, 0.717) is 35.3 Å². The van der Waals surface area contributed by atoms with E-state index in [4.69, 9.17) is 23.7 Å². The average Bonchev–Trinajstić information content (AvgIpc) is 3.08. The van der Waals surface area contributed by atoms with Gasteiger partial charge in [-0.25, -0.2) is 0 Å². The number of benzene rings is 2. The van der Waals surface area contributed by atoms with Gasteiger partial charge in [-0.3, -0.25) is 4.79 Å². The first-order valence-electron chi connectivity index (χ1n) is 13.0.